The van der Waals surface area contributed by atoms with E-state index in [-0.39, 0.29) is 11.9 Å². The van der Waals surface area contributed by atoms with Crippen molar-refractivity contribution in [2.24, 2.45) is 0 Å². The van der Waals surface area contributed by atoms with Gasteiger partial charge in [-0.3, -0.25) is 9.89 Å². The number of aromatic nitrogens is 7. The molecule has 1 amide bonds. The van der Waals surface area contributed by atoms with E-state index in [1.165, 1.54) is 0 Å². The summed E-state index contributed by atoms with van der Waals surface area (Å²) in [6, 6.07) is 9.83. The minimum absolute atomic E-state index is 0.0337. The van der Waals surface area contributed by atoms with Crippen LogP contribution in [0.15, 0.2) is 41.1 Å². The van der Waals surface area contributed by atoms with Gasteiger partial charge in [-0.1, -0.05) is 40.7 Å². The van der Waals surface area contributed by atoms with Crippen LogP contribution < -0.4 is 0 Å². The summed E-state index contributed by atoms with van der Waals surface area (Å²) in [7, 11) is 0. The van der Waals surface area contributed by atoms with Gasteiger partial charge >= 0.3 is 0 Å². The lowest BCUT2D eigenvalue weighted by molar-refractivity contribution is 0.0682. The number of fused-ring (bicyclic) bond motifs is 1. The van der Waals surface area contributed by atoms with Gasteiger partial charge in [0.15, 0.2) is 11.4 Å². The number of carbonyl (C=O) groups is 1. The molecule has 168 valence electrons. The van der Waals surface area contributed by atoms with E-state index in [1.54, 1.807) is 0 Å². The number of hydrogen-bond donors (Lipinski definition) is 1. The van der Waals surface area contributed by atoms with Gasteiger partial charge in [0.05, 0.1) is 12.2 Å². The molecule has 2 aliphatic rings. The molecule has 4 heterocycles. The lowest BCUT2D eigenvalue weighted by Gasteiger charge is -2.31. The molecule has 3 aromatic heterocycles. The molecule has 4 aromatic rings. The maximum atomic E-state index is 13.1. The van der Waals surface area contributed by atoms with Crippen molar-refractivity contribution in [3.8, 4) is 23.0 Å². The number of hydrogen-bond acceptors (Lipinski definition) is 7. The Morgan fingerprint density at radius 3 is 2.76 bits per heavy atom. The third kappa shape index (κ3) is 3.71. The molecule has 1 aliphatic carbocycles. The molecule has 10 heteroatoms. The number of aryl methyl sites for hydroxylation is 1. The Labute approximate surface area is 190 Å². The third-order valence-corrected chi connectivity index (χ3v) is 6.57. The van der Waals surface area contributed by atoms with Crippen molar-refractivity contribution < 1.29 is 9.32 Å². The summed E-state index contributed by atoms with van der Waals surface area (Å²) in [5.41, 5.74) is 4.29. The fraction of sp³-hybridized carbons (Fsp3) is 0.391. The zero-order valence-corrected chi connectivity index (χ0v) is 18.1. The average molecular weight is 444 g/mol. The molecule has 0 saturated carbocycles. The minimum atomic E-state index is 0.0337. The number of benzene rings is 1. The van der Waals surface area contributed by atoms with E-state index in [2.05, 4.69) is 30.7 Å². The molecule has 1 N–H and O–H groups in total. The van der Waals surface area contributed by atoms with Crippen LogP contribution >= 0.6 is 0 Å². The van der Waals surface area contributed by atoms with Gasteiger partial charge in [-0.15, -0.1) is 5.10 Å². The van der Waals surface area contributed by atoms with E-state index < -0.39 is 0 Å². The molecule has 1 fully saturated rings. The second-order valence-corrected chi connectivity index (χ2v) is 8.63. The summed E-state index contributed by atoms with van der Waals surface area (Å²) >= 11 is 0. The van der Waals surface area contributed by atoms with Gasteiger partial charge in [0.2, 0.25) is 5.82 Å². The Balaban J connectivity index is 1.11. The van der Waals surface area contributed by atoms with Crippen molar-refractivity contribution in [1.29, 1.82) is 0 Å². The molecule has 10 nitrogen and oxygen atoms in total. The number of H-pyrrole nitrogens is 1. The molecule has 0 bridgehead atoms. The Kier molecular flexibility index (Phi) is 4.97. The van der Waals surface area contributed by atoms with Crippen molar-refractivity contribution in [1.82, 2.24) is 40.2 Å². The maximum Gasteiger partial charge on any atom is 0.280 e. The van der Waals surface area contributed by atoms with Crippen molar-refractivity contribution in [3.05, 3.63) is 53.5 Å². The molecule has 1 aromatic carbocycles. The average Bonchev–Trinajstić information content (AvgIpc) is 3.64. The van der Waals surface area contributed by atoms with Crippen LogP contribution in [0.5, 0.6) is 0 Å². The third-order valence-electron chi connectivity index (χ3n) is 6.57. The van der Waals surface area contributed by atoms with Crippen molar-refractivity contribution in [2.75, 3.05) is 13.1 Å². The van der Waals surface area contributed by atoms with Crippen LogP contribution in [0.25, 0.3) is 23.0 Å². The molecular weight excluding hydrogens is 420 g/mol. The normalized spacial score (nSPS) is 16.7. The van der Waals surface area contributed by atoms with E-state index in [4.69, 9.17) is 4.52 Å². The topological polar surface area (TPSA) is 119 Å². The highest BCUT2D eigenvalue weighted by Crippen LogP contribution is 2.28. The monoisotopic (exact) mass is 444 g/mol. The van der Waals surface area contributed by atoms with Crippen molar-refractivity contribution >= 4 is 5.91 Å². The zero-order chi connectivity index (χ0) is 22.2. The Morgan fingerprint density at radius 1 is 1.09 bits per heavy atom. The fourth-order valence-electron chi connectivity index (χ4n) is 4.73. The number of piperidine rings is 1. The highest BCUT2D eigenvalue weighted by atomic mass is 16.5. The lowest BCUT2D eigenvalue weighted by Crippen LogP contribution is -2.39. The maximum absolute atomic E-state index is 13.1. The summed E-state index contributed by atoms with van der Waals surface area (Å²) in [5.74, 6) is 0.898. The number of nitrogens with zero attached hydrogens (tertiary/aromatic N) is 7. The van der Waals surface area contributed by atoms with Crippen LogP contribution in [0.4, 0.5) is 0 Å². The molecule has 0 unspecified atom stereocenters. The predicted molar refractivity (Wildman–Crippen MR) is 118 cm³/mol. The first kappa shape index (κ1) is 19.8. The molecule has 1 aliphatic heterocycles. The van der Waals surface area contributed by atoms with Gasteiger partial charge in [0.25, 0.3) is 11.8 Å². The Bertz CT molecular complexity index is 1270. The van der Waals surface area contributed by atoms with Crippen LogP contribution in [-0.4, -0.2) is 59.2 Å². The number of nitrogens with one attached hydrogen (secondary N) is 1. The predicted octanol–water partition coefficient (Wildman–Crippen LogP) is 3.07. The van der Waals surface area contributed by atoms with Crippen molar-refractivity contribution in [2.45, 2.75) is 44.6 Å². The van der Waals surface area contributed by atoms with Gasteiger partial charge in [-0.05, 0) is 38.5 Å². The summed E-state index contributed by atoms with van der Waals surface area (Å²) < 4.78 is 7.25. The van der Waals surface area contributed by atoms with Crippen LogP contribution in [0.3, 0.4) is 0 Å². The largest absolute Gasteiger partial charge is 0.337 e. The van der Waals surface area contributed by atoms with E-state index in [0.29, 0.717) is 36.2 Å². The lowest BCUT2D eigenvalue weighted by atomic mass is 9.95. The molecular formula is C23H24N8O2. The highest BCUT2D eigenvalue weighted by Gasteiger charge is 2.30. The Hall–Kier alpha value is -3.82. The van der Waals surface area contributed by atoms with E-state index in [9.17, 15) is 4.79 Å². The standard InChI is InChI=1S/C23H24N8O2/c32-23(20-17-8-4-5-9-18(17)25-27-20)30-12-10-16(11-13-30)31-14-19(26-29-31)22-24-21(28-33-22)15-6-2-1-3-7-15/h1-3,6-7,14,16H,4-5,8-13H2,(H,25,27). The SMILES string of the molecule is O=C(c1n[nH]c2c1CCCC2)N1CCC(n2cc(-c3nc(-c4ccccc4)no3)nn2)CC1. The van der Waals surface area contributed by atoms with Gasteiger partial charge in [0.1, 0.15) is 0 Å². The van der Waals surface area contributed by atoms with Gasteiger partial charge < -0.3 is 9.42 Å². The summed E-state index contributed by atoms with van der Waals surface area (Å²) in [5, 5.41) is 20.0. The minimum Gasteiger partial charge on any atom is -0.337 e. The van der Waals surface area contributed by atoms with Gasteiger partial charge in [0, 0.05) is 29.9 Å². The molecule has 6 rings (SSSR count). The van der Waals surface area contributed by atoms with Crippen LogP contribution in [0, 0.1) is 0 Å². The Morgan fingerprint density at radius 2 is 1.91 bits per heavy atom. The molecule has 1 saturated heterocycles. The molecule has 0 atom stereocenters. The number of aromatic amines is 1. The first-order valence-corrected chi connectivity index (χ1v) is 11.4. The van der Waals surface area contributed by atoms with Crippen molar-refractivity contribution in [3.63, 3.8) is 0 Å². The fourth-order valence-corrected chi connectivity index (χ4v) is 4.73. The van der Waals surface area contributed by atoms with Crippen LogP contribution in [0.2, 0.25) is 0 Å². The number of likely N-dealkylation sites (tertiary alicyclic amines) is 1. The summed E-state index contributed by atoms with van der Waals surface area (Å²) in [6.07, 6.45) is 7.66. The van der Waals surface area contributed by atoms with E-state index >= 15 is 0 Å². The van der Waals surface area contributed by atoms with Crippen LogP contribution in [0.1, 0.15) is 53.5 Å². The van der Waals surface area contributed by atoms with E-state index in [1.807, 2.05) is 46.1 Å². The van der Waals surface area contributed by atoms with Gasteiger partial charge in [-0.2, -0.15) is 10.1 Å². The highest BCUT2D eigenvalue weighted by molar-refractivity contribution is 5.94. The quantitative estimate of drug-likeness (QED) is 0.514. The second kappa shape index (κ2) is 8.27. The first-order chi connectivity index (χ1) is 16.3. The summed E-state index contributed by atoms with van der Waals surface area (Å²) in [6.45, 7) is 1.33. The first-order valence-electron chi connectivity index (χ1n) is 11.4. The molecule has 0 radical (unpaired) electrons. The van der Waals surface area contributed by atoms with E-state index in [0.717, 1.165) is 55.3 Å². The van der Waals surface area contributed by atoms with Crippen LogP contribution in [-0.2, 0) is 12.8 Å². The zero-order valence-electron chi connectivity index (χ0n) is 18.1. The van der Waals surface area contributed by atoms with Gasteiger partial charge in [-0.25, -0.2) is 4.68 Å². The smallest absolute Gasteiger partial charge is 0.280 e. The second-order valence-electron chi connectivity index (χ2n) is 8.63. The summed E-state index contributed by atoms with van der Waals surface area (Å²) in [4.78, 5) is 19.4. The number of carbonyl (C=O) groups excluding carboxylic acids is 1. The number of rotatable bonds is 4. The molecule has 0 spiro atoms. The number of amides is 1. The molecule has 33 heavy (non-hydrogen) atoms.